The van der Waals surface area contributed by atoms with Crippen LogP contribution in [0.25, 0.3) is 11.3 Å². The number of carboxylic acids is 1. The van der Waals surface area contributed by atoms with E-state index in [-0.39, 0.29) is 29.9 Å². The molecule has 7 nitrogen and oxygen atoms in total. The number of hydrogen-bond acceptors (Lipinski definition) is 5. The summed E-state index contributed by atoms with van der Waals surface area (Å²) >= 11 is 6.17. The van der Waals surface area contributed by atoms with Gasteiger partial charge in [0.25, 0.3) is 0 Å². The molecule has 3 rings (SSSR count). The Balaban J connectivity index is 0.00000408. The van der Waals surface area contributed by atoms with Crippen molar-refractivity contribution in [2.45, 2.75) is 39.6 Å². The van der Waals surface area contributed by atoms with Crippen LogP contribution in [0.5, 0.6) is 17.4 Å². The minimum atomic E-state index is -3.01. The summed E-state index contributed by atoms with van der Waals surface area (Å²) in [4.78, 5) is 11.2. The van der Waals surface area contributed by atoms with Gasteiger partial charge in [-0.3, -0.25) is 0 Å². The monoisotopic (exact) mass is 516 g/mol. The number of halogens is 4. The van der Waals surface area contributed by atoms with Crippen LogP contribution in [0.1, 0.15) is 25.0 Å². The van der Waals surface area contributed by atoms with Crippen LogP contribution in [0.15, 0.2) is 42.5 Å². The van der Waals surface area contributed by atoms with Crippen LogP contribution in [0.2, 0.25) is 5.02 Å². The standard InChI is InChI=1S/C23H23ClF2N2O5.ClH/c1-4-14-5-6-16(18(11-14)32-13(2)22(29)30)12-31-17-9-7-15(8-10-17)20-19(24)21(28(3)27-20)33-23(25)26;/h5-11,13,23H,4,12H2,1-3H3,(H,29,30);1H. The summed E-state index contributed by atoms with van der Waals surface area (Å²) in [5.74, 6) is -0.297. The molecule has 1 unspecified atom stereocenters. The lowest BCUT2D eigenvalue weighted by molar-refractivity contribution is -0.144. The molecule has 2 aromatic carbocycles. The van der Waals surface area contributed by atoms with Crippen molar-refractivity contribution in [1.29, 1.82) is 0 Å². The molecule has 3 aromatic rings. The lowest BCUT2D eigenvalue weighted by atomic mass is 10.1. The molecule has 1 atom stereocenters. The highest BCUT2D eigenvalue weighted by Gasteiger charge is 2.20. The molecule has 34 heavy (non-hydrogen) atoms. The van der Waals surface area contributed by atoms with E-state index in [0.29, 0.717) is 28.3 Å². The second-order valence-electron chi connectivity index (χ2n) is 7.18. The first kappa shape index (κ1) is 27.2. The highest BCUT2D eigenvalue weighted by molar-refractivity contribution is 6.34. The summed E-state index contributed by atoms with van der Waals surface area (Å²) in [7, 11) is 1.46. The average molecular weight is 517 g/mol. The van der Waals surface area contributed by atoms with Gasteiger partial charge in [-0.15, -0.1) is 12.4 Å². The van der Waals surface area contributed by atoms with Gasteiger partial charge in [0, 0.05) is 18.2 Å². The topological polar surface area (TPSA) is 82.8 Å². The molecule has 0 aliphatic heterocycles. The van der Waals surface area contributed by atoms with Crippen LogP contribution in [0.3, 0.4) is 0 Å². The zero-order chi connectivity index (χ0) is 24.1. The van der Waals surface area contributed by atoms with Crippen LogP contribution in [0.4, 0.5) is 8.78 Å². The van der Waals surface area contributed by atoms with E-state index in [1.165, 1.54) is 14.0 Å². The van der Waals surface area contributed by atoms with Gasteiger partial charge in [0.05, 0.1) is 0 Å². The minimum absolute atomic E-state index is 0. The fraction of sp³-hybridized carbons (Fsp3) is 0.304. The Bertz CT molecular complexity index is 1120. The van der Waals surface area contributed by atoms with E-state index in [4.69, 9.17) is 26.2 Å². The average Bonchev–Trinajstić information content (AvgIpc) is 3.06. The highest BCUT2D eigenvalue weighted by atomic mass is 35.5. The molecule has 0 amide bonds. The summed E-state index contributed by atoms with van der Waals surface area (Å²) < 4.78 is 42.2. The predicted molar refractivity (Wildman–Crippen MR) is 125 cm³/mol. The van der Waals surface area contributed by atoms with Gasteiger partial charge in [0.15, 0.2) is 6.10 Å². The number of aryl methyl sites for hydroxylation is 2. The summed E-state index contributed by atoms with van der Waals surface area (Å²) in [5.41, 5.74) is 2.61. The van der Waals surface area contributed by atoms with Gasteiger partial charge >= 0.3 is 12.6 Å². The first-order valence-electron chi connectivity index (χ1n) is 10.1. The van der Waals surface area contributed by atoms with E-state index in [1.807, 2.05) is 25.1 Å². The van der Waals surface area contributed by atoms with Crippen molar-refractivity contribution in [1.82, 2.24) is 9.78 Å². The fourth-order valence-electron chi connectivity index (χ4n) is 3.04. The van der Waals surface area contributed by atoms with Crippen LogP contribution >= 0.6 is 24.0 Å². The maximum Gasteiger partial charge on any atom is 0.388 e. The third-order valence-electron chi connectivity index (χ3n) is 4.85. The largest absolute Gasteiger partial charge is 0.489 e. The van der Waals surface area contributed by atoms with Gasteiger partial charge in [0.2, 0.25) is 5.88 Å². The van der Waals surface area contributed by atoms with Crippen LogP contribution in [0, 0.1) is 0 Å². The van der Waals surface area contributed by atoms with E-state index >= 15 is 0 Å². The molecule has 0 fully saturated rings. The molecular weight excluding hydrogens is 493 g/mol. The van der Waals surface area contributed by atoms with Crippen molar-refractivity contribution in [3.05, 3.63) is 58.6 Å². The Labute approximate surface area is 206 Å². The van der Waals surface area contributed by atoms with E-state index in [0.717, 1.165) is 16.7 Å². The Morgan fingerprint density at radius 2 is 1.85 bits per heavy atom. The lowest BCUT2D eigenvalue weighted by Crippen LogP contribution is -2.23. The molecule has 0 saturated heterocycles. The molecule has 0 aliphatic rings. The van der Waals surface area contributed by atoms with Crippen LogP contribution < -0.4 is 14.2 Å². The lowest BCUT2D eigenvalue weighted by Gasteiger charge is -2.16. The van der Waals surface area contributed by atoms with Gasteiger partial charge in [-0.25, -0.2) is 9.48 Å². The van der Waals surface area contributed by atoms with E-state index in [1.54, 1.807) is 24.3 Å². The Kier molecular flexibility index (Phi) is 9.52. The number of aliphatic carboxylic acids is 1. The van der Waals surface area contributed by atoms with E-state index in [2.05, 4.69) is 9.84 Å². The second kappa shape index (κ2) is 11.9. The van der Waals surface area contributed by atoms with Crippen molar-refractivity contribution in [3.8, 4) is 28.6 Å². The number of aromatic nitrogens is 2. The normalized spacial score (nSPS) is 11.6. The highest BCUT2D eigenvalue weighted by Crippen LogP contribution is 2.36. The molecule has 184 valence electrons. The fourth-order valence-corrected chi connectivity index (χ4v) is 3.35. The Morgan fingerprint density at radius 1 is 1.18 bits per heavy atom. The van der Waals surface area contributed by atoms with Gasteiger partial charge in [-0.1, -0.05) is 30.7 Å². The number of ether oxygens (including phenoxy) is 3. The van der Waals surface area contributed by atoms with Crippen molar-refractivity contribution < 1.29 is 32.9 Å². The number of carbonyl (C=O) groups is 1. The Morgan fingerprint density at radius 3 is 2.44 bits per heavy atom. The van der Waals surface area contributed by atoms with Crippen LogP contribution in [-0.2, 0) is 24.9 Å². The summed E-state index contributed by atoms with van der Waals surface area (Å²) in [6, 6.07) is 12.4. The van der Waals surface area contributed by atoms with Crippen molar-refractivity contribution in [2.24, 2.45) is 7.05 Å². The van der Waals surface area contributed by atoms with Crippen molar-refractivity contribution in [3.63, 3.8) is 0 Å². The van der Waals surface area contributed by atoms with E-state index in [9.17, 15) is 13.6 Å². The molecular formula is C23H24Cl2F2N2O5. The maximum atomic E-state index is 12.6. The maximum absolute atomic E-state index is 12.6. The summed E-state index contributed by atoms with van der Waals surface area (Å²) in [5, 5.41) is 13.3. The smallest absolute Gasteiger partial charge is 0.388 e. The molecule has 0 aliphatic carbocycles. The Hall–Kier alpha value is -3.04. The molecule has 1 N–H and O–H groups in total. The van der Waals surface area contributed by atoms with Crippen LogP contribution in [-0.4, -0.2) is 33.6 Å². The number of rotatable bonds is 10. The molecule has 0 saturated carbocycles. The second-order valence-corrected chi connectivity index (χ2v) is 7.55. The van der Waals surface area contributed by atoms with Gasteiger partial charge in [-0.2, -0.15) is 13.9 Å². The third-order valence-corrected chi connectivity index (χ3v) is 5.19. The third kappa shape index (κ3) is 6.51. The molecule has 1 heterocycles. The number of alkyl halides is 2. The SMILES string of the molecule is CCc1ccc(COc2ccc(-c3nn(C)c(OC(F)F)c3Cl)cc2)c(OC(C)C(=O)O)c1.Cl. The molecule has 0 bridgehead atoms. The number of carboxylic acid groups (broad SMARTS) is 1. The quantitative estimate of drug-likeness (QED) is 0.369. The minimum Gasteiger partial charge on any atom is -0.489 e. The number of hydrogen-bond donors (Lipinski definition) is 1. The van der Waals surface area contributed by atoms with Gasteiger partial charge in [-0.05, 0) is 49.2 Å². The summed E-state index contributed by atoms with van der Waals surface area (Å²) in [6.45, 7) is 0.598. The van der Waals surface area contributed by atoms with Crippen molar-refractivity contribution >= 4 is 30.0 Å². The molecule has 0 spiro atoms. The van der Waals surface area contributed by atoms with Gasteiger partial charge < -0.3 is 19.3 Å². The zero-order valence-corrected chi connectivity index (χ0v) is 20.2. The van der Waals surface area contributed by atoms with E-state index < -0.39 is 18.7 Å². The zero-order valence-electron chi connectivity index (χ0n) is 18.6. The molecule has 11 heteroatoms. The predicted octanol–water partition coefficient (Wildman–Crippen LogP) is 5.76. The first-order valence-corrected chi connectivity index (χ1v) is 10.5. The first-order chi connectivity index (χ1) is 15.7. The number of nitrogens with zero attached hydrogens (tertiary/aromatic N) is 2. The molecule has 0 radical (unpaired) electrons. The summed E-state index contributed by atoms with van der Waals surface area (Å²) in [6.07, 6.45) is -0.224. The van der Waals surface area contributed by atoms with Crippen molar-refractivity contribution in [2.75, 3.05) is 0 Å². The van der Waals surface area contributed by atoms with Gasteiger partial charge in [0.1, 0.15) is 28.8 Å². The number of benzene rings is 2. The molecule has 1 aromatic heterocycles.